The van der Waals surface area contributed by atoms with E-state index in [2.05, 4.69) is 0 Å². The van der Waals surface area contributed by atoms with Gasteiger partial charge in [-0.05, 0) is 6.07 Å². The molecule has 1 atom stereocenters. The number of nitrogens with one attached hydrogen (secondary N) is 1. The third-order valence-corrected chi connectivity index (χ3v) is 1.96. The van der Waals surface area contributed by atoms with Crippen molar-refractivity contribution in [2.75, 3.05) is 13.2 Å². The Morgan fingerprint density at radius 1 is 1.77 bits per heavy atom. The zero-order valence-electron chi connectivity index (χ0n) is 7.49. The molecule has 1 unspecified atom stereocenters. The largest absolute Gasteiger partial charge is 0.491 e. The van der Waals surface area contributed by atoms with Gasteiger partial charge >= 0.3 is 0 Å². The Hall–Kier alpha value is -1.29. The van der Waals surface area contributed by atoms with Crippen LogP contribution < -0.4 is 10.2 Å². The van der Waals surface area contributed by atoms with E-state index >= 15 is 0 Å². The summed E-state index contributed by atoms with van der Waals surface area (Å²) in [6.07, 6.45) is 2.08. The molecule has 1 aliphatic heterocycles. The number of hydrogen-bond acceptors (Lipinski definition) is 3. The van der Waals surface area contributed by atoms with Gasteiger partial charge in [-0.25, -0.2) is 0 Å². The number of aryl methyl sites for hydroxylation is 1. The van der Waals surface area contributed by atoms with Gasteiger partial charge in [0.1, 0.15) is 23.9 Å². The van der Waals surface area contributed by atoms with Crippen molar-refractivity contribution in [1.29, 1.82) is 5.41 Å². The maximum Gasteiger partial charge on any atom is 0.128 e. The molecule has 2 rings (SSSR count). The molecule has 13 heavy (non-hydrogen) atoms. The normalized spacial score (nSPS) is 19.9. The Kier molecular flexibility index (Phi) is 2.06. The van der Waals surface area contributed by atoms with Crippen molar-refractivity contribution < 1.29 is 9.47 Å². The van der Waals surface area contributed by atoms with Crippen molar-refractivity contribution in [1.82, 2.24) is 4.57 Å². The standard InChI is InChI=1S/C9H12N2O2/c1-11-3-2-7(4-9(11)10)12-5-8-6-13-8/h2-4,8,10H,5-6H2,1H3. The average molecular weight is 180 g/mol. The first-order valence-electron chi connectivity index (χ1n) is 4.21. The molecule has 0 bridgehead atoms. The van der Waals surface area contributed by atoms with Gasteiger partial charge < -0.3 is 14.0 Å². The molecular formula is C9H12N2O2. The van der Waals surface area contributed by atoms with Crippen LogP contribution in [0, 0.1) is 5.41 Å². The molecule has 1 N–H and O–H groups in total. The van der Waals surface area contributed by atoms with Crippen molar-refractivity contribution in [3.05, 3.63) is 23.8 Å². The zero-order chi connectivity index (χ0) is 9.26. The first-order valence-corrected chi connectivity index (χ1v) is 4.21. The van der Waals surface area contributed by atoms with Crippen LogP contribution in [0.4, 0.5) is 0 Å². The lowest BCUT2D eigenvalue weighted by atomic mass is 10.4. The Balaban J connectivity index is 2.03. The Morgan fingerprint density at radius 2 is 2.54 bits per heavy atom. The van der Waals surface area contributed by atoms with E-state index in [0.717, 1.165) is 12.4 Å². The highest BCUT2D eigenvalue weighted by Gasteiger charge is 2.22. The molecule has 70 valence electrons. The molecule has 1 aromatic heterocycles. The maximum atomic E-state index is 7.51. The number of epoxide rings is 1. The fourth-order valence-corrected chi connectivity index (χ4v) is 0.993. The fourth-order valence-electron chi connectivity index (χ4n) is 0.993. The van der Waals surface area contributed by atoms with Crippen LogP contribution in [-0.2, 0) is 11.8 Å². The Bertz CT molecular complexity index is 355. The monoisotopic (exact) mass is 180 g/mol. The summed E-state index contributed by atoms with van der Waals surface area (Å²) < 4.78 is 12.1. The summed E-state index contributed by atoms with van der Waals surface area (Å²) in [7, 11) is 1.83. The smallest absolute Gasteiger partial charge is 0.128 e. The molecule has 0 aromatic carbocycles. The molecule has 1 aliphatic rings. The quantitative estimate of drug-likeness (QED) is 0.679. The van der Waals surface area contributed by atoms with Crippen LogP contribution in [0.2, 0.25) is 0 Å². The summed E-state index contributed by atoms with van der Waals surface area (Å²) >= 11 is 0. The summed E-state index contributed by atoms with van der Waals surface area (Å²) in [6.45, 7) is 1.39. The number of pyridine rings is 1. The third kappa shape index (κ3) is 2.09. The summed E-state index contributed by atoms with van der Waals surface area (Å²) in [5.41, 5.74) is 0.439. The van der Waals surface area contributed by atoms with Crippen molar-refractivity contribution in [2.24, 2.45) is 7.05 Å². The number of hydrogen-bond donors (Lipinski definition) is 1. The predicted molar refractivity (Wildman–Crippen MR) is 46.5 cm³/mol. The highest BCUT2D eigenvalue weighted by atomic mass is 16.6. The Labute approximate surface area is 76.2 Å². The van der Waals surface area contributed by atoms with E-state index in [1.165, 1.54) is 0 Å². The van der Waals surface area contributed by atoms with Crippen LogP contribution in [0.1, 0.15) is 0 Å². The minimum Gasteiger partial charge on any atom is -0.491 e. The molecular weight excluding hydrogens is 168 g/mol. The summed E-state index contributed by atoms with van der Waals surface area (Å²) in [5.74, 6) is 0.735. The van der Waals surface area contributed by atoms with E-state index in [4.69, 9.17) is 14.9 Å². The van der Waals surface area contributed by atoms with Crippen molar-refractivity contribution in [3.8, 4) is 5.75 Å². The van der Waals surface area contributed by atoms with E-state index in [1.54, 1.807) is 10.6 Å². The van der Waals surface area contributed by atoms with Crippen LogP contribution in [-0.4, -0.2) is 23.9 Å². The molecule has 0 spiro atoms. The molecule has 0 amide bonds. The average Bonchev–Trinajstić information content (AvgIpc) is 2.91. The Morgan fingerprint density at radius 3 is 3.15 bits per heavy atom. The molecule has 2 heterocycles. The van der Waals surface area contributed by atoms with Crippen LogP contribution in [0.3, 0.4) is 0 Å². The SMILES string of the molecule is Cn1ccc(OCC2CO2)cc1=N. The van der Waals surface area contributed by atoms with Gasteiger partial charge in [0.05, 0.1) is 6.61 Å². The van der Waals surface area contributed by atoms with Gasteiger partial charge in [-0.3, -0.25) is 5.41 Å². The van der Waals surface area contributed by atoms with Gasteiger partial charge in [-0.15, -0.1) is 0 Å². The van der Waals surface area contributed by atoms with Crippen LogP contribution >= 0.6 is 0 Å². The lowest BCUT2D eigenvalue weighted by molar-refractivity contribution is 0.262. The van der Waals surface area contributed by atoms with Crippen LogP contribution in [0.5, 0.6) is 5.75 Å². The highest BCUT2D eigenvalue weighted by molar-refractivity contribution is 5.17. The first-order chi connectivity index (χ1) is 6.25. The van der Waals surface area contributed by atoms with E-state index in [9.17, 15) is 0 Å². The summed E-state index contributed by atoms with van der Waals surface area (Å²) in [6, 6.07) is 3.54. The van der Waals surface area contributed by atoms with E-state index in [-0.39, 0.29) is 6.10 Å². The van der Waals surface area contributed by atoms with E-state index in [0.29, 0.717) is 12.1 Å². The van der Waals surface area contributed by atoms with Gasteiger partial charge in [0.15, 0.2) is 0 Å². The number of nitrogens with zero attached hydrogens (tertiary/aromatic N) is 1. The molecule has 0 aliphatic carbocycles. The molecule has 1 fully saturated rings. The highest BCUT2D eigenvalue weighted by Crippen LogP contribution is 2.12. The van der Waals surface area contributed by atoms with E-state index in [1.807, 2.05) is 19.3 Å². The minimum atomic E-state index is 0.267. The minimum absolute atomic E-state index is 0.267. The molecule has 0 saturated carbocycles. The van der Waals surface area contributed by atoms with Crippen LogP contribution in [0.25, 0.3) is 0 Å². The molecule has 1 saturated heterocycles. The second-order valence-electron chi connectivity index (χ2n) is 3.12. The van der Waals surface area contributed by atoms with E-state index < -0.39 is 0 Å². The van der Waals surface area contributed by atoms with Crippen molar-refractivity contribution in [3.63, 3.8) is 0 Å². The lowest BCUT2D eigenvalue weighted by Gasteiger charge is -2.04. The number of rotatable bonds is 3. The van der Waals surface area contributed by atoms with Crippen LogP contribution in [0.15, 0.2) is 18.3 Å². The maximum absolute atomic E-state index is 7.51. The predicted octanol–water partition coefficient (Wildman–Crippen LogP) is 0.282. The fraction of sp³-hybridized carbons (Fsp3) is 0.444. The summed E-state index contributed by atoms with van der Waals surface area (Å²) in [4.78, 5) is 0. The zero-order valence-corrected chi connectivity index (χ0v) is 7.49. The second kappa shape index (κ2) is 3.22. The van der Waals surface area contributed by atoms with Gasteiger partial charge in [0, 0.05) is 19.3 Å². The van der Waals surface area contributed by atoms with Gasteiger partial charge in [0.25, 0.3) is 0 Å². The van der Waals surface area contributed by atoms with Gasteiger partial charge in [-0.1, -0.05) is 0 Å². The lowest BCUT2D eigenvalue weighted by Crippen LogP contribution is -2.15. The van der Waals surface area contributed by atoms with Gasteiger partial charge in [0.2, 0.25) is 0 Å². The van der Waals surface area contributed by atoms with Crippen molar-refractivity contribution >= 4 is 0 Å². The number of ether oxygens (including phenoxy) is 2. The third-order valence-electron chi connectivity index (χ3n) is 1.96. The van der Waals surface area contributed by atoms with Gasteiger partial charge in [-0.2, -0.15) is 0 Å². The molecule has 4 heteroatoms. The summed E-state index contributed by atoms with van der Waals surface area (Å²) in [5, 5.41) is 7.51. The number of aromatic nitrogens is 1. The second-order valence-corrected chi connectivity index (χ2v) is 3.12. The first kappa shape index (κ1) is 8.31. The molecule has 1 aromatic rings. The van der Waals surface area contributed by atoms with Crippen molar-refractivity contribution in [2.45, 2.75) is 6.10 Å². The molecule has 4 nitrogen and oxygen atoms in total. The topological polar surface area (TPSA) is 50.5 Å². The molecule has 0 radical (unpaired) electrons.